The summed E-state index contributed by atoms with van der Waals surface area (Å²) in [6.45, 7) is 1.24. The Balaban J connectivity index is 1.34. The van der Waals surface area contributed by atoms with Crippen molar-refractivity contribution in [1.29, 1.82) is 0 Å². The molecular formula is C19H22N4O2. The second-order valence-corrected chi connectivity index (χ2v) is 6.95. The van der Waals surface area contributed by atoms with Crippen LogP contribution in [0, 0.1) is 5.92 Å². The fraction of sp³-hybridized carbons (Fsp3) is 0.421. The summed E-state index contributed by atoms with van der Waals surface area (Å²) in [4.78, 5) is 26.3. The highest BCUT2D eigenvalue weighted by Gasteiger charge is 2.34. The SMILES string of the molecule is O=C(NC1CCN(C(=O)c2cc(Cc3ccccc3)n[nH]2)C1)C1CC1. The smallest absolute Gasteiger partial charge is 0.271 e. The van der Waals surface area contributed by atoms with E-state index in [1.54, 1.807) is 4.90 Å². The highest BCUT2D eigenvalue weighted by Crippen LogP contribution is 2.29. The Morgan fingerprint density at radius 1 is 1.20 bits per heavy atom. The van der Waals surface area contributed by atoms with Gasteiger partial charge in [0.1, 0.15) is 5.69 Å². The fourth-order valence-electron chi connectivity index (χ4n) is 3.27. The number of carbonyl (C=O) groups excluding carboxylic acids is 2. The predicted molar refractivity (Wildman–Crippen MR) is 93.0 cm³/mol. The molecule has 0 radical (unpaired) electrons. The molecule has 2 aromatic rings. The number of aromatic nitrogens is 2. The number of benzene rings is 1. The first kappa shape index (κ1) is 15.9. The lowest BCUT2D eigenvalue weighted by molar-refractivity contribution is -0.122. The van der Waals surface area contributed by atoms with E-state index < -0.39 is 0 Å². The van der Waals surface area contributed by atoms with Crippen LogP contribution in [0.15, 0.2) is 36.4 Å². The molecule has 1 saturated carbocycles. The van der Waals surface area contributed by atoms with Crippen LogP contribution in [0.2, 0.25) is 0 Å². The minimum absolute atomic E-state index is 0.0463. The molecule has 2 amide bonds. The first-order chi connectivity index (χ1) is 12.2. The Kier molecular flexibility index (Phi) is 4.26. The highest BCUT2D eigenvalue weighted by molar-refractivity contribution is 5.92. The van der Waals surface area contributed by atoms with Crippen LogP contribution in [0.1, 0.15) is 41.0 Å². The van der Waals surface area contributed by atoms with Crippen LogP contribution in [0.4, 0.5) is 0 Å². The average molecular weight is 338 g/mol. The van der Waals surface area contributed by atoms with Crippen molar-refractivity contribution in [2.24, 2.45) is 5.92 Å². The number of likely N-dealkylation sites (tertiary alicyclic amines) is 1. The molecule has 130 valence electrons. The van der Waals surface area contributed by atoms with Gasteiger partial charge in [-0.2, -0.15) is 5.10 Å². The first-order valence-electron chi connectivity index (χ1n) is 8.87. The van der Waals surface area contributed by atoms with E-state index in [0.717, 1.165) is 30.5 Å². The number of carbonyl (C=O) groups is 2. The van der Waals surface area contributed by atoms with Gasteiger partial charge < -0.3 is 10.2 Å². The minimum Gasteiger partial charge on any atom is -0.351 e. The van der Waals surface area contributed by atoms with E-state index in [-0.39, 0.29) is 23.8 Å². The monoisotopic (exact) mass is 338 g/mol. The average Bonchev–Trinajstić information content (AvgIpc) is 3.21. The van der Waals surface area contributed by atoms with Crippen molar-refractivity contribution in [3.05, 3.63) is 53.3 Å². The molecule has 2 fully saturated rings. The number of nitrogens with one attached hydrogen (secondary N) is 2. The third kappa shape index (κ3) is 3.73. The Morgan fingerprint density at radius 3 is 2.76 bits per heavy atom. The van der Waals surface area contributed by atoms with Crippen molar-refractivity contribution in [2.75, 3.05) is 13.1 Å². The molecule has 1 aliphatic carbocycles. The van der Waals surface area contributed by atoms with E-state index >= 15 is 0 Å². The van der Waals surface area contributed by atoms with Gasteiger partial charge in [-0.15, -0.1) is 0 Å². The highest BCUT2D eigenvalue weighted by atomic mass is 16.2. The van der Waals surface area contributed by atoms with Crippen LogP contribution < -0.4 is 5.32 Å². The number of amides is 2. The van der Waals surface area contributed by atoms with Crippen LogP contribution in [-0.2, 0) is 11.2 Å². The second-order valence-electron chi connectivity index (χ2n) is 6.95. The Hall–Kier alpha value is -2.63. The molecule has 1 aromatic carbocycles. The second kappa shape index (κ2) is 6.70. The van der Waals surface area contributed by atoms with Crippen LogP contribution >= 0.6 is 0 Å². The molecule has 25 heavy (non-hydrogen) atoms. The summed E-state index contributed by atoms with van der Waals surface area (Å²) in [6, 6.07) is 12.0. The lowest BCUT2D eigenvalue weighted by Crippen LogP contribution is -2.39. The molecule has 2 N–H and O–H groups in total. The predicted octanol–water partition coefficient (Wildman–Crippen LogP) is 1.74. The number of rotatable bonds is 5. The largest absolute Gasteiger partial charge is 0.351 e. The Labute approximate surface area is 146 Å². The summed E-state index contributed by atoms with van der Waals surface area (Å²) in [6.07, 6.45) is 3.51. The molecule has 0 bridgehead atoms. The topological polar surface area (TPSA) is 78.1 Å². The normalized spacial score (nSPS) is 19.8. The minimum atomic E-state index is -0.0463. The van der Waals surface area contributed by atoms with Crippen molar-refractivity contribution in [1.82, 2.24) is 20.4 Å². The molecule has 1 aliphatic heterocycles. The van der Waals surface area contributed by atoms with Crippen molar-refractivity contribution < 1.29 is 9.59 Å². The molecule has 0 spiro atoms. The molecule has 1 saturated heterocycles. The third-order valence-corrected chi connectivity index (χ3v) is 4.86. The van der Waals surface area contributed by atoms with Gasteiger partial charge in [0.2, 0.25) is 5.91 Å². The van der Waals surface area contributed by atoms with Crippen LogP contribution in [0.25, 0.3) is 0 Å². The van der Waals surface area contributed by atoms with E-state index in [2.05, 4.69) is 15.5 Å². The zero-order valence-corrected chi connectivity index (χ0v) is 14.1. The van der Waals surface area contributed by atoms with Gasteiger partial charge in [-0.05, 0) is 30.9 Å². The number of nitrogens with zero attached hydrogens (tertiary/aromatic N) is 2. The molecule has 6 nitrogen and oxygen atoms in total. The molecule has 2 aliphatic rings. The summed E-state index contributed by atoms with van der Waals surface area (Å²) in [5.41, 5.74) is 2.53. The summed E-state index contributed by atoms with van der Waals surface area (Å²) in [5, 5.41) is 10.2. The summed E-state index contributed by atoms with van der Waals surface area (Å²) < 4.78 is 0. The van der Waals surface area contributed by atoms with Gasteiger partial charge in [-0.3, -0.25) is 14.7 Å². The standard InChI is InChI=1S/C19H22N4O2/c24-18(14-6-7-14)20-15-8-9-23(12-15)19(25)17-11-16(21-22-17)10-13-4-2-1-3-5-13/h1-5,11,14-15H,6-10,12H2,(H,20,24)(H,21,22). The zero-order chi connectivity index (χ0) is 17.2. The maximum Gasteiger partial charge on any atom is 0.271 e. The Morgan fingerprint density at radius 2 is 2.00 bits per heavy atom. The quantitative estimate of drug-likeness (QED) is 0.872. The number of hydrogen-bond acceptors (Lipinski definition) is 3. The van der Waals surface area contributed by atoms with Crippen molar-refractivity contribution in [3.63, 3.8) is 0 Å². The summed E-state index contributed by atoms with van der Waals surface area (Å²) in [7, 11) is 0. The number of hydrogen-bond donors (Lipinski definition) is 2. The first-order valence-corrected chi connectivity index (χ1v) is 8.87. The third-order valence-electron chi connectivity index (χ3n) is 4.86. The molecule has 4 rings (SSSR count). The lowest BCUT2D eigenvalue weighted by atomic mass is 10.1. The van der Waals surface area contributed by atoms with E-state index in [1.165, 1.54) is 0 Å². The van der Waals surface area contributed by atoms with Crippen LogP contribution in [0.3, 0.4) is 0 Å². The van der Waals surface area contributed by atoms with E-state index in [4.69, 9.17) is 0 Å². The van der Waals surface area contributed by atoms with Crippen molar-refractivity contribution >= 4 is 11.8 Å². The summed E-state index contributed by atoms with van der Waals surface area (Å²) in [5.74, 6) is 0.305. The maximum absolute atomic E-state index is 12.6. The van der Waals surface area contributed by atoms with Gasteiger partial charge in [-0.1, -0.05) is 30.3 Å². The van der Waals surface area contributed by atoms with Gasteiger partial charge in [-0.25, -0.2) is 0 Å². The molecule has 2 heterocycles. The zero-order valence-electron chi connectivity index (χ0n) is 14.1. The van der Waals surface area contributed by atoms with Gasteiger partial charge in [0.25, 0.3) is 5.91 Å². The fourth-order valence-corrected chi connectivity index (χ4v) is 3.27. The molecular weight excluding hydrogens is 316 g/mol. The van der Waals surface area contributed by atoms with Gasteiger partial charge >= 0.3 is 0 Å². The van der Waals surface area contributed by atoms with E-state index in [1.807, 2.05) is 36.4 Å². The van der Waals surface area contributed by atoms with Crippen molar-refractivity contribution in [3.8, 4) is 0 Å². The van der Waals surface area contributed by atoms with Crippen LogP contribution in [-0.4, -0.2) is 46.0 Å². The Bertz CT molecular complexity index is 767. The van der Waals surface area contributed by atoms with Gasteiger partial charge in [0.05, 0.1) is 5.69 Å². The lowest BCUT2D eigenvalue weighted by Gasteiger charge is -2.16. The van der Waals surface area contributed by atoms with Crippen LogP contribution in [0.5, 0.6) is 0 Å². The van der Waals surface area contributed by atoms with E-state index in [9.17, 15) is 9.59 Å². The van der Waals surface area contributed by atoms with Gasteiger partial charge in [0.15, 0.2) is 0 Å². The number of H-pyrrole nitrogens is 1. The summed E-state index contributed by atoms with van der Waals surface area (Å²) >= 11 is 0. The van der Waals surface area contributed by atoms with Crippen molar-refractivity contribution in [2.45, 2.75) is 31.7 Å². The maximum atomic E-state index is 12.6. The number of aromatic amines is 1. The van der Waals surface area contributed by atoms with E-state index in [0.29, 0.717) is 25.2 Å². The molecule has 1 atom stereocenters. The van der Waals surface area contributed by atoms with Gasteiger partial charge in [0, 0.05) is 31.5 Å². The molecule has 6 heteroatoms. The molecule has 1 aromatic heterocycles. The molecule has 1 unspecified atom stereocenters.